The Morgan fingerprint density at radius 1 is 0.774 bits per heavy atom. The number of ether oxygens (including phenoxy) is 1. The lowest BCUT2D eigenvalue weighted by molar-refractivity contribution is -0.326. The SMILES string of the molecule is CCCCCCC1CCC(C2CCC(C(F)(Oc3ccccc3)C(F)(F)F)CC2)CC1. The van der Waals surface area contributed by atoms with Crippen LogP contribution in [-0.2, 0) is 0 Å². The molecule has 0 radical (unpaired) electrons. The zero-order valence-electron chi connectivity index (χ0n) is 18.8. The Morgan fingerprint density at radius 2 is 1.35 bits per heavy atom. The fourth-order valence-electron chi connectivity index (χ4n) is 5.80. The summed E-state index contributed by atoms with van der Waals surface area (Å²) in [4.78, 5) is 0. The van der Waals surface area contributed by atoms with Crippen LogP contribution in [0.3, 0.4) is 0 Å². The zero-order chi connectivity index (χ0) is 22.3. The molecule has 2 aliphatic rings. The number of benzene rings is 1. The molecule has 1 aromatic rings. The third-order valence-electron chi connectivity index (χ3n) is 7.72. The third-order valence-corrected chi connectivity index (χ3v) is 7.72. The maximum absolute atomic E-state index is 15.3. The molecule has 3 rings (SSSR count). The van der Waals surface area contributed by atoms with Crippen molar-refractivity contribution in [1.82, 2.24) is 0 Å². The van der Waals surface area contributed by atoms with E-state index in [9.17, 15) is 13.2 Å². The molecule has 1 aromatic carbocycles. The summed E-state index contributed by atoms with van der Waals surface area (Å²) in [6.45, 7) is 2.23. The van der Waals surface area contributed by atoms with Gasteiger partial charge in [0.15, 0.2) is 0 Å². The molecule has 1 unspecified atom stereocenters. The van der Waals surface area contributed by atoms with Gasteiger partial charge in [-0.05, 0) is 68.4 Å². The van der Waals surface area contributed by atoms with Gasteiger partial charge in [0.1, 0.15) is 5.75 Å². The summed E-state index contributed by atoms with van der Waals surface area (Å²) >= 11 is 0. The van der Waals surface area contributed by atoms with E-state index in [-0.39, 0.29) is 18.6 Å². The second-order valence-electron chi connectivity index (χ2n) is 9.80. The number of hydrogen-bond acceptors (Lipinski definition) is 1. The Hall–Kier alpha value is -1.26. The highest BCUT2D eigenvalue weighted by Gasteiger charge is 2.63. The van der Waals surface area contributed by atoms with Crippen molar-refractivity contribution in [3.05, 3.63) is 30.3 Å². The van der Waals surface area contributed by atoms with Gasteiger partial charge < -0.3 is 4.74 Å². The molecule has 0 spiro atoms. The maximum Gasteiger partial charge on any atom is 0.460 e. The van der Waals surface area contributed by atoms with Crippen molar-refractivity contribution in [3.63, 3.8) is 0 Å². The Bertz CT molecular complexity index is 631. The van der Waals surface area contributed by atoms with E-state index in [0.29, 0.717) is 24.7 Å². The van der Waals surface area contributed by atoms with Gasteiger partial charge in [0, 0.05) is 5.92 Å². The minimum Gasteiger partial charge on any atom is -0.450 e. The molecule has 0 amide bonds. The fraction of sp³-hybridized carbons (Fsp3) is 0.769. The van der Waals surface area contributed by atoms with Crippen molar-refractivity contribution >= 4 is 0 Å². The summed E-state index contributed by atoms with van der Waals surface area (Å²) in [5.41, 5.74) is 0. The standard InChI is InChI=1S/C26H38F4O/c1-2-3-4-6-9-20-12-14-21(15-13-20)22-16-18-23(19-17-22)25(27,26(28,29)30)31-24-10-7-5-8-11-24/h5,7-8,10-11,20-23H,2-4,6,9,12-19H2,1H3. The summed E-state index contributed by atoms with van der Waals surface area (Å²) in [5.74, 6) is -2.96. The predicted octanol–water partition coefficient (Wildman–Crippen LogP) is 8.88. The molecule has 0 heterocycles. The molecule has 0 aromatic heterocycles. The lowest BCUT2D eigenvalue weighted by Crippen LogP contribution is -2.53. The van der Waals surface area contributed by atoms with E-state index in [2.05, 4.69) is 6.92 Å². The molecule has 176 valence electrons. The predicted molar refractivity (Wildman–Crippen MR) is 117 cm³/mol. The minimum atomic E-state index is -5.05. The van der Waals surface area contributed by atoms with Crippen molar-refractivity contribution in [2.24, 2.45) is 23.7 Å². The normalized spacial score (nSPS) is 29.3. The molecular weight excluding hydrogens is 404 g/mol. The molecule has 2 aliphatic carbocycles. The average molecular weight is 443 g/mol. The average Bonchev–Trinajstić information content (AvgIpc) is 2.77. The molecular formula is C26H38F4O. The molecule has 5 heteroatoms. The highest BCUT2D eigenvalue weighted by Crippen LogP contribution is 2.50. The van der Waals surface area contributed by atoms with Crippen LogP contribution in [0.5, 0.6) is 5.75 Å². The Morgan fingerprint density at radius 3 is 1.90 bits per heavy atom. The van der Waals surface area contributed by atoms with Crippen LogP contribution in [0.4, 0.5) is 17.6 Å². The first-order valence-electron chi connectivity index (χ1n) is 12.3. The molecule has 1 atom stereocenters. The van der Waals surface area contributed by atoms with Gasteiger partial charge in [-0.25, -0.2) is 0 Å². The second-order valence-corrected chi connectivity index (χ2v) is 9.80. The summed E-state index contributed by atoms with van der Waals surface area (Å²) in [6, 6.07) is 7.55. The van der Waals surface area contributed by atoms with Crippen molar-refractivity contribution in [3.8, 4) is 5.75 Å². The van der Waals surface area contributed by atoms with Crippen molar-refractivity contribution < 1.29 is 22.3 Å². The van der Waals surface area contributed by atoms with Gasteiger partial charge in [-0.2, -0.15) is 17.6 Å². The first-order chi connectivity index (χ1) is 14.8. The Balaban J connectivity index is 1.50. The Labute approximate surface area is 184 Å². The van der Waals surface area contributed by atoms with E-state index >= 15 is 4.39 Å². The monoisotopic (exact) mass is 442 g/mol. The van der Waals surface area contributed by atoms with E-state index < -0.39 is 17.9 Å². The molecule has 2 fully saturated rings. The largest absolute Gasteiger partial charge is 0.460 e. The highest BCUT2D eigenvalue weighted by molar-refractivity contribution is 5.22. The van der Waals surface area contributed by atoms with Crippen LogP contribution >= 0.6 is 0 Å². The minimum absolute atomic E-state index is 0.0679. The number of unbranched alkanes of at least 4 members (excludes halogenated alkanes) is 3. The van der Waals surface area contributed by atoms with Crippen LogP contribution in [0, 0.1) is 23.7 Å². The van der Waals surface area contributed by atoms with Crippen LogP contribution < -0.4 is 4.74 Å². The molecule has 0 bridgehead atoms. The van der Waals surface area contributed by atoms with Crippen LogP contribution in [0.1, 0.15) is 90.4 Å². The summed E-state index contributed by atoms with van der Waals surface area (Å²) < 4.78 is 61.4. The number of alkyl halides is 4. The van der Waals surface area contributed by atoms with Crippen LogP contribution in [0.15, 0.2) is 30.3 Å². The quantitative estimate of drug-likeness (QED) is 0.274. The summed E-state index contributed by atoms with van der Waals surface area (Å²) in [5, 5.41) is 0. The van der Waals surface area contributed by atoms with Gasteiger partial charge in [-0.1, -0.05) is 70.1 Å². The third kappa shape index (κ3) is 6.38. The Kier molecular flexibility index (Phi) is 8.69. The van der Waals surface area contributed by atoms with E-state index in [4.69, 9.17) is 4.74 Å². The van der Waals surface area contributed by atoms with Gasteiger partial charge in [0.05, 0.1) is 0 Å². The van der Waals surface area contributed by atoms with Gasteiger partial charge in [-0.15, -0.1) is 0 Å². The van der Waals surface area contributed by atoms with Gasteiger partial charge >= 0.3 is 12.0 Å². The smallest absolute Gasteiger partial charge is 0.450 e. The van der Waals surface area contributed by atoms with E-state index in [1.54, 1.807) is 18.2 Å². The highest BCUT2D eigenvalue weighted by atomic mass is 19.4. The molecule has 1 nitrogen and oxygen atoms in total. The number of para-hydroxylation sites is 1. The molecule has 0 saturated heterocycles. The second kappa shape index (κ2) is 11.0. The molecule has 31 heavy (non-hydrogen) atoms. The molecule has 0 aliphatic heterocycles. The van der Waals surface area contributed by atoms with E-state index in [1.165, 1.54) is 69.9 Å². The van der Waals surface area contributed by atoms with E-state index in [0.717, 1.165) is 5.92 Å². The van der Waals surface area contributed by atoms with E-state index in [1.807, 2.05) is 0 Å². The lowest BCUT2D eigenvalue weighted by atomic mass is 9.67. The number of halogens is 4. The lowest BCUT2D eigenvalue weighted by Gasteiger charge is -2.42. The molecule has 0 N–H and O–H groups in total. The van der Waals surface area contributed by atoms with Crippen molar-refractivity contribution in [2.75, 3.05) is 0 Å². The van der Waals surface area contributed by atoms with Gasteiger partial charge in [-0.3, -0.25) is 0 Å². The first kappa shape index (κ1) is 24.4. The number of rotatable bonds is 9. The van der Waals surface area contributed by atoms with Crippen molar-refractivity contribution in [1.29, 1.82) is 0 Å². The zero-order valence-corrected chi connectivity index (χ0v) is 18.8. The van der Waals surface area contributed by atoms with Gasteiger partial charge in [0.2, 0.25) is 0 Å². The van der Waals surface area contributed by atoms with Crippen LogP contribution in [0.2, 0.25) is 0 Å². The van der Waals surface area contributed by atoms with Crippen LogP contribution in [-0.4, -0.2) is 12.0 Å². The summed E-state index contributed by atoms with van der Waals surface area (Å²) in [6.07, 6.45) is 8.24. The first-order valence-corrected chi connectivity index (χ1v) is 12.3. The fourth-order valence-corrected chi connectivity index (χ4v) is 5.80. The van der Waals surface area contributed by atoms with Crippen molar-refractivity contribution in [2.45, 2.75) is 102 Å². The molecule has 2 saturated carbocycles. The topological polar surface area (TPSA) is 9.23 Å². The van der Waals surface area contributed by atoms with Gasteiger partial charge in [0.25, 0.3) is 0 Å². The maximum atomic E-state index is 15.3. The van der Waals surface area contributed by atoms with Crippen LogP contribution in [0.25, 0.3) is 0 Å². The number of hydrogen-bond donors (Lipinski definition) is 0. The summed E-state index contributed by atoms with van der Waals surface area (Å²) in [7, 11) is 0.